The summed E-state index contributed by atoms with van der Waals surface area (Å²) in [5, 5.41) is 4.17. The molecule has 0 radical (unpaired) electrons. The average Bonchev–Trinajstić information content (AvgIpc) is 3.47. The van der Waals surface area contributed by atoms with Gasteiger partial charge in [-0.15, -0.1) is 32.9 Å². The van der Waals surface area contributed by atoms with Crippen LogP contribution >= 0.6 is 22.7 Å². The highest BCUT2D eigenvalue weighted by Gasteiger charge is 2.23. The van der Waals surface area contributed by atoms with Crippen molar-refractivity contribution in [1.82, 2.24) is 0 Å². The second-order valence-electron chi connectivity index (χ2n) is 6.43. The molecule has 156 valence electrons. The van der Waals surface area contributed by atoms with Crippen molar-refractivity contribution in [3.05, 3.63) is 89.6 Å². The molecule has 0 amide bonds. The van der Waals surface area contributed by atoms with E-state index >= 15 is 0 Å². The van der Waals surface area contributed by atoms with E-state index < -0.39 is 10.2 Å². The minimum absolute atomic E-state index is 0.913. The number of hydrogen-bond donors (Lipinski definition) is 0. The van der Waals surface area contributed by atoms with Crippen LogP contribution in [0, 0.1) is 10.2 Å². The van der Waals surface area contributed by atoms with E-state index in [1.807, 2.05) is 0 Å². The number of rotatable bonds is 3. The van der Waals surface area contributed by atoms with Gasteiger partial charge in [-0.1, -0.05) is 54.6 Å². The Hall–Kier alpha value is -2.62. The molecule has 31 heavy (non-hydrogen) atoms. The topological polar surface area (TPSA) is 104 Å². The highest BCUT2D eigenvalue weighted by atomic mass is 35.7. The van der Waals surface area contributed by atoms with Crippen LogP contribution in [-0.4, -0.2) is 0 Å². The molecule has 8 heteroatoms. The molecule has 0 N–H and O–H groups in total. The summed E-state index contributed by atoms with van der Waals surface area (Å²) in [6.07, 6.45) is 0. The van der Waals surface area contributed by atoms with Gasteiger partial charge in [-0.05, 0) is 39.6 Å². The zero-order valence-electron chi connectivity index (χ0n) is 15.9. The number of thiophene rings is 2. The monoisotopic (exact) mass is 470 g/mol. The van der Waals surface area contributed by atoms with E-state index in [0.717, 1.165) is 21.3 Å². The van der Waals surface area contributed by atoms with Crippen molar-refractivity contribution in [2.24, 2.45) is 0 Å². The lowest BCUT2D eigenvalue weighted by atomic mass is 10.0. The maximum absolute atomic E-state index is 8.49. The number of fused-ring (bicyclic) bond motifs is 1. The molecule has 5 nitrogen and oxygen atoms in total. The summed E-state index contributed by atoms with van der Waals surface area (Å²) in [6, 6.07) is 27.6. The smallest absolute Gasteiger partial charge is 0.222 e. The lowest BCUT2D eigenvalue weighted by Gasteiger charge is -2.17. The van der Waals surface area contributed by atoms with Crippen LogP contribution in [0.15, 0.2) is 94.0 Å². The van der Waals surface area contributed by atoms with E-state index in [9.17, 15) is 0 Å². The van der Waals surface area contributed by atoms with Crippen molar-refractivity contribution < 1.29 is 33.3 Å². The van der Waals surface area contributed by atoms with E-state index in [1.165, 1.54) is 22.3 Å². The first-order chi connectivity index (χ1) is 14.9. The van der Waals surface area contributed by atoms with Gasteiger partial charge in [0.2, 0.25) is 0 Å². The fourth-order valence-corrected chi connectivity index (χ4v) is 4.56. The Balaban J connectivity index is 0.000000418. The van der Waals surface area contributed by atoms with E-state index in [0.29, 0.717) is 0 Å². The van der Waals surface area contributed by atoms with Gasteiger partial charge < -0.3 is 0 Å². The third-order valence-corrected chi connectivity index (χ3v) is 6.19. The second-order valence-corrected chi connectivity index (χ2v) is 9.09. The zero-order valence-corrected chi connectivity index (χ0v) is 18.3. The van der Waals surface area contributed by atoms with Gasteiger partial charge in [-0.2, -0.15) is 0 Å². The van der Waals surface area contributed by atoms with Gasteiger partial charge in [-0.25, -0.2) is 23.1 Å². The normalized spacial score (nSPS) is 11.2. The fourth-order valence-electron chi connectivity index (χ4n) is 3.20. The summed E-state index contributed by atoms with van der Waals surface area (Å²) in [7, 11) is -4.94. The van der Waals surface area contributed by atoms with Crippen LogP contribution < -0.4 is 18.6 Å². The summed E-state index contributed by atoms with van der Waals surface area (Å²) >= 11 is 3.40. The molecular formula is C23H15ClO5S2. The van der Waals surface area contributed by atoms with Crippen LogP contribution in [0.25, 0.3) is 43.5 Å². The lowest BCUT2D eigenvalue weighted by Crippen LogP contribution is -2.68. The summed E-state index contributed by atoms with van der Waals surface area (Å²) in [5.74, 6) is 1.83. The summed E-state index contributed by atoms with van der Waals surface area (Å²) in [5.41, 5.74) is 4.93. The summed E-state index contributed by atoms with van der Waals surface area (Å²) in [4.78, 5) is 2.29. The molecule has 0 fully saturated rings. The zero-order chi connectivity index (χ0) is 21.8. The van der Waals surface area contributed by atoms with Gasteiger partial charge in [-0.3, -0.25) is 0 Å². The van der Waals surface area contributed by atoms with Crippen LogP contribution in [-0.2, 0) is 0 Å². The molecule has 2 aliphatic rings. The van der Waals surface area contributed by atoms with Crippen LogP contribution in [0.3, 0.4) is 0 Å². The van der Waals surface area contributed by atoms with Crippen molar-refractivity contribution in [3.8, 4) is 43.5 Å². The first-order valence-corrected chi connectivity index (χ1v) is 12.0. The summed E-state index contributed by atoms with van der Waals surface area (Å²) < 4.78 is 40.2. The Morgan fingerprint density at radius 2 is 1.13 bits per heavy atom. The largest absolute Gasteiger partial charge is 0.371 e. The molecular weight excluding hydrogens is 456 g/mol. The standard InChI is InChI=1S/C23H15OS2.ClHO4/c1-2-6-16-10-11-19(18(16)7-3-1)17-14-20(22-8-4-12-25-22)24-21(15-17)23-9-5-13-26-23;2-1(3,4)5/h1-15H;(H,2,3,4,5)/q+1;/p-1. The van der Waals surface area contributed by atoms with E-state index in [1.54, 1.807) is 22.7 Å². The van der Waals surface area contributed by atoms with Crippen LogP contribution in [0.4, 0.5) is 0 Å². The molecule has 0 aromatic carbocycles. The van der Waals surface area contributed by atoms with Crippen molar-refractivity contribution in [2.45, 2.75) is 0 Å². The van der Waals surface area contributed by atoms with Crippen LogP contribution in [0.2, 0.25) is 0 Å². The van der Waals surface area contributed by atoms with Crippen molar-refractivity contribution >= 4 is 22.7 Å². The maximum Gasteiger partial charge on any atom is 0.371 e. The van der Waals surface area contributed by atoms with Gasteiger partial charge in [0.15, 0.2) is 0 Å². The predicted molar refractivity (Wildman–Crippen MR) is 112 cm³/mol. The molecule has 0 unspecified atom stereocenters. The number of halogens is 1. The molecule has 0 atom stereocenters. The Morgan fingerprint density at radius 1 is 0.581 bits per heavy atom. The van der Waals surface area contributed by atoms with Crippen LogP contribution in [0.1, 0.15) is 0 Å². The van der Waals surface area contributed by atoms with E-state index in [4.69, 9.17) is 23.1 Å². The van der Waals surface area contributed by atoms with Crippen molar-refractivity contribution in [2.75, 3.05) is 0 Å². The third kappa shape index (κ3) is 5.55. The quantitative estimate of drug-likeness (QED) is 0.377. The lowest BCUT2D eigenvalue weighted by molar-refractivity contribution is -2.00. The first-order valence-electron chi connectivity index (χ1n) is 9.04. The highest BCUT2D eigenvalue weighted by molar-refractivity contribution is 7.13. The minimum atomic E-state index is -4.94. The van der Waals surface area contributed by atoms with Crippen LogP contribution in [0.5, 0.6) is 0 Å². The number of hydrogen-bond acceptors (Lipinski definition) is 6. The first kappa shape index (κ1) is 21.6. The molecule has 3 aromatic heterocycles. The molecule has 0 saturated carbocycles. The molecule has 3 heterocycles. The molecule has 0 spiro atoms. The Bertz CT molecular complexity index is 1170. The fraction of sp³-hybridized carbons (Fsp3) is 0. The molecule has 0 saturated heterocycles. The van der Waals surface area contributed by atoms with Gasteiger partial charge in [0.1, 0.15) is 9.75 Å². The average molecular weight is 471 g/mol. The highest BCUT2D eigenvalue weighted by Crippen LogP contribution is 2.40. The van der Waals surface area contributed by atoms with E-state index in [-0.39, 0.29) is 0 Å². The Morgan fingerprint density at radius 3 is 1.68 bits per heavy atom. The molecule has 0 bridgehead atoms. The molecule has 2 aliphatic carbocycles. The maximum atomic E-state index is 8.49. The molecule has 0 aliphatic heterocycles. The van der Waals surface area contributed by atoms with Gasteiger partial charge >= 0.3 is 11.5 Å². The Labute approximate surface area is 188 Å². The molecule has 5 rings (SSSR count). The molecule has 3 aromatic rings. The van der Waals surface area contributed by atoms with Crippen molar-refractivity contribution in [3.63, 3.8) is 0 Å². The Kier molecular flexibility index (Phi) is 6.45. The summed E-state index contributed by atoms with van der Waals surface area (Å²) in [6.45, 7) is 0. The van der Waals surface area contributed by atoms with Gasteiger partial charge in [0, 0.05) is 5.56 Å². The second kappa shape index (κ2) is 9.25. The predicted octanol–water partition coefficient (Wildman–Crippen LogP) is 3.03. The van der Waals surface area contributed by atoms with Gasteiger partial charge in [0.05, 0.1) is 12.1 Å². The third-order valence-electron chi connectivity index (χ3n) is 4.42. The van der Waals surface area contributed by atoms with E-state index in [2.05, 4.69) is 89.6 Å². The SMILES string of the molecule is [O-][Cl+3]([O-])([O-])[O-].c1ccc2ccc(-c3cc(-c4cccs4)[o+]c(-c4cccs4)c3)c-2cc1. The minimum Gasteiger partial charge on any atom is -0.222 e. The van der Waals surface area contributed by atoms with Crippen molar-refractivity contribution in [1.29, 1.82) is 0 Å². The van der Waals surface area contributed by atoms with Gasteiger partial charge in [0.25, 0.3) is 0 Å².